The van der Waals surface area contributed by atoms with E-state index in [1.165, 1.54) is 24.6 Å². The number of aliphatic hydroxyl groups excluding tert-OH is 1. The van der Waals surface area contributed by atoms with Crippen molar-refractivity contribution in [2.45, 2.75) is 142 Å². The van der Waals surface area contributed by atoms with Crippen LogP contribution >= 0.6 is 0 Å². The van der Waals surface area contributed by atoms with E-state index in [9.17, 15) is 54.0 Å². The molecule has 0 bridgehead atoms. The number of aliphatic hydroxyl groups is 1. The fraction of sp³-hybridized carbons (Fsp3) is 0.548. The van der Waals surface area contributed by atoms with E-state index in [1.54, 1.807) is 6.92 Å². The van der Waals surface area contributed by atoms with Gasteiger partial charge in [0.1, 0.15) is 34.9 Å². The van der Waals surface area contributed by atoms with Gasteiger partial charge in [0.05, 0.1) is 24.5 Å². The third-order valence-corrected chi connectivity index (χ3v) is 9.50. The summed E-state index contributed by atoms with van der Waals surface area (Å²) in [5.41, 5.74) is 9.91. The second-order valence-electron chi connectivity index (χ2n) is 15.3. The number of hydrogen-bond acceptors (Lipinski definition) is 11. The molecule has 0 aliphatic carbocycles. The number of aryl methyl sites for hydroxylation is 1. The molecule has 2 aromatic rings. The largest absolute Gasteiger partial charge is 0.507 e. The number of nitrogens with one attached hydrogen (secondary N) is 3. The molecule has 58 heavy (non-hydrogen) atoms. The Morgan fingerprint density at radius 2 is 1.29 bits per heavy atom. The van der Waals surface area contributed by atoms with Crippen LogP contribution in [0.5, 0.6) is 17.2 Å². The van der Waals surface area contributed by atoms with Crippen molar-refractivity contribution in [2.24, 2.45) is 17.4 Å². The van der Waals surface area contributed by atoms with Gasteiger partial charge in [-0.3, -0.25) is 33.6 Å². The Morgan fingerprint density at radius 3 is 1.88 bits per heavy atom. The first kappa shape index (κ1) is 48.6. The highest BCUT2D eigenvalue weighted by Gasteiger charge is 2.32. The molecule has 320 valence electrons. The summed E-state index contributed by atoms with van der Waals surface area (Å²) in [6.07, 6.45) is 4.75. The highest BCUT2D eigenvalue weighted by molar-refractivity contribution is 6.19. The van der Waals surface area contributed by atoms with Gasteiger partial charge in [-0.05, 0) is 61.9 Å². The van der Waals surface area contributed by atoms with Crippen LogP contribution < -0.4 is 27.4 Å². The summed E-state index contributed by atoms with van der Waals surface area (Å²) in [7, 11) is 0. The minimum atomic E-state index is -1.53. The average Bonchev–Trinajstić information content (AvgIpc) is 3.11. The zero-order valence-corrected chi connectivity index (χ0v) is 34.0. The molecule has 0 saturated carbocycles. The van der Waals surface area contributed by atoms with Gasteiger partial charge in [-0.25, -0.2) is 0 Å². The predicted molar refractivity (Wildman–Crippen MR) is 216 cm³/mol. The van der Waals surface area contributed by atoms with Crippen LogP contribution in [0.2, 0.25) is 0 Å². The van der Waals surface area contributed by atoms with Crippen molar-refractivity contribution in [2.75, 3.05) is 0 Å². The number of nitrogens with two attached hydrogens (primary N) is 2. The number of carbonyl (C=O) groups is 7. The summed E-state index contributed by atoms with van der Waals surface area (Å²) in [6, 6.07) is 2.34. The van der Waals surface area contributed by atoms with E-state index in [0.717, 1.165) is 44.2 Å². The lowest BCUT2D eigenvalue weighted by atomic mass is 9.89. The van der Waals surface area contributed by atoms with Crippen LogP contribution in [0.15, 0.2) is 30.3 Å². The Labute approximate surface area is 339 Å². The number of rotatable bonds is 27. The van der Waals surface area contributed by atoms with E-state index in [1.807, 2.05) is 13.8 Å². The van der Waals surface area contributed by atoms with Crippen molar-refractivity contribution in [3.8, 4) is 17.2 Å². The lowest BCUT2D eigenvalue weighted by Gasteiger charge is -2.26. The molecular weight excluding hydrogens is 750 g/mol. The first-order valence-electron chi connectivity index (χ1n) is 19.9. The summed E-state index contributed by atoms with van der Waals surface area (Å²) in [6.45, 7) is 7.36. The van der Waals surface area contributed by atoms with Crippen molar-refractivity contribution in [3.63, 3.8) is 0 Å². The predicted octanol–water partition coefficient (Wildman–Crippen LogP) is 3.45. The molecule has 4 unspecified atom stereocenters. The molecule has 2 aromatic carbocycles. The van der Waals surface area contributed by atoms with Crippen LogP contribution in [0.1, 0.15) is 143 Å². The molecule has 16 heteroatoms. The molecule has 16 nitrogen and oxygen atoms in total. The maximum atomic E-state index is 13.9. The number of aromatic hydroxyl groups is 3. The molecule has 5 amide bonds. The van der Waals surface area contributed by atoms with Gasteiger partial charge in [-0.2, -0.15) is 0 Å². The van der Waals surface area contributed by atoms with Gasteiger partial charge < -0.3 is 47.8 Å². The molecular formula is C42H61N5O11. The SMILES string of the molecule is CCCCCCCCCC(O)CC(=O)NC(CC(N)=O)C(=O)NC(CCC(N)=O)C(=O)NC(CC(=O)c1cc(C)cc(O)c1C(=O)c1c(O)cccc1O)CC(C)C. The smallest absolute Gasteiger partial charge is 0.243 e. The quantitative estimate of drug-likeness (QED) is 0.0465. The Kier molecular flexibility index (Phi) is 20.4. The van der Waals surface area contributed by atoms with E-state index in [0.29, 0.717) is 18.4 Å². The monoisotopic (exact) mass is 811 g/mol. The number of benzene rings is 2. The normalized spacial score (nSPS) is 13.2. The van der Waals surface area contributed by atoms with Crippen molar-refractivity contribution >= 4 is 41.1 Å². The van der Waals surface area contributed by atoms with Crippen molar-refractivity contribution < 1.29 is 54.0 Å². The molecule has 0 aliphatic heterocycles. The third kappa shape index (κ3) is 16.5. The standard InChI is InChI=1S/C42H61N5O11/c1-5-6-7-8-9-10-11-13-27(48)22-37(55)46-30(23-36(44)54)42(58)47-29(16-17-35(43)53)41(57)45-26(18-24(2)3)21-33(51)28-19-25(4)20-34(52)38(28)40(56)39-31(49)14-12-15-32(39)50/h12,14-15,19-20,24,26-27,29-30,48-50,52H,5-11,13,16-18,21-23H2,1-4H3,(H2,43,53)(H2,44,54)(H,45,57)(H,46,55)(H,47,58). The first-order valence-corrected chi connectivity index (χ1v) is 19.9. The molecule has 0 saturated heterocycles. The zero-order chi connectivity index (χ0) is 43.5. The minimum absolute atomic E-state index is 0.0988. The molecule has 2 rings (SSSR count). The Balaban J connectivity index is 2.27. The van der Waals surface area contributed by atoms with E-state index < -0.39 is 107 Å². The van der Waals surface area contributed by atoms with Gasteiger partial charge in [0.2, 0.25) is 35.3 Å². The Morgan fingerprint density at radius 1 is 0.690 bits per heavy atom. The van der Waals surface area contributed by atoms with Gasteiger partial charge in [0.25, 0.3) is 0 Å². The molecule has 0 heterocycles. The van der Waals surface area contributed by atoms with E-state index in [-0.39, 0.29) is 37.2 Å². The lowest BCUT2D eigenvalue weighted by Crippen LogP contribution is -2.56. The van der Waals surface area contributed by atoms with Crippen LogP contribution in [-0.2, 0) is 24.0 Å². The lowest BCUT2D eigenvalue weighted by molar-refractivity contribution is -0.134. The summed E-state index contributed by atoms with van der Waals surface area (Å²) in [5, 5.41) is 49.6. The molecule has 0 radical (unpaired) electrons. The molecule has 11 N–H and O–H groups in total. The Bertz CT molecular complexity index is 1740. The maximum absolute atomic E-state index is 13.9. The second-order valence-corrected chi connectivity index (χ2v) is 15.3. The molecule has 0 fully saturated rings. The minimum Gasteiger partial charge on any atom is -0.507 e. The number of primary amides is 2. The van der Waals surface area contributed by atoms with Gasteiger partial charge in [-0.1, -0.05) is 71.8 Å². The molecule has 0 aliphatic rings. The van der Waals surface area contributed by atoms with E-state index >= 15 is 0 Å². The van der Waals surface area contributed by atoms with Gasteiger partial charge in [0.15, 0.2) is 5.78 Å². The molecule has 0 aromatic heterocycles. The van der Waals surface area contributed by atoms with Crippen molar-refractivity contribution in [3.05, 3.63) is 52.6 Å². The Hall–Kier alpha value is -5.51. The van der Waals surface area contributed by atoms with Crippen LogP contribution in [0, 0.1) is 12.8 Å². The summed E-state index contributed by atoms with van der Waals surface area (Å²) in [5.74, 6) is -7.77. The highest BCUT2D eigenvalue weighted by Crippen LogP contribution is 2.34. The number of phenolic OH excluding ortho intramolecular Hbond substituents is 3. The van der Waals surface area contributed by atoms with Crippen molar-refractivity contribution in [1.82, 2.24) is 16.0 Å². The van der Waals surface area contributed by atoms with Crippen LogP contribution in [-0.4, -0.2) is 85.8 Å². The number of carbonyl (C=O) groups excluding carboxylic acids is 7. The number of Topliss-reactive ketones (excluding diaryl/α,β-unsaturated/α-hetero) is 1. The summed E-state index contributed by atoms with van der Waals surface area (Å²) < 4.78 is 0. The molecule has 0 spiro atoms. The topological polar surface area (TPSA) is 289 Å². The summed E-state index contributed by atoms with van der Waals surface area (Å²) in [4.78, 5) is 91.3. The second kappa shape index (κ2) is 24.3. The number of hydrogen-bond donors (Lipinski definition) is 9. The zero-order valence-electron chi connectivity index (χ0n) is 34.0. The highest BCUT2D eigenvalue weighted by atomic mass is 16.3. The van der Waals surface area contributed by atoms with Gasteiger partial charge in [0, 0.05) is 24.4 Å². The van der Waals surface area contributed by atoms with Crippen LogP contribution in [0.3, 0.4) is 0 Å². The van der Waals surface area contributed by atoms with Crippen LogP contribution in [0.4, 0.5) is 0 Å². The third-order valence-electron chi connectivity index (χ3n) is 9.50. The fourth-order valence-corrected chi connectivity index (χ4v) is 6.65. The summed E-state index contributed by atoms with van der Waals surface area (Å²) >= 11 is 0. The average molecular weight is 812 g/mol. The number of phenols is 3. The van der Waals surface area contributed by atoms with Crippen LogP contribution in [0.25, 0.3) is 0 Å². The number of amides is 5. The first-order chi connectivity index (χ1) is 27.3. The number of ketones is 2. The molecule has 4 atom stereocenters. The maximum Gasteiger partial charge on any atom is 0.243 e. The number of unbranched alkanes of at least 4 members (excludes halogenated alkanes) is 6. The van der Waals surface area contributed by atoms with E-state index in [2.05, 4.69) is 22.9 Å². The van der Waals surface area contributed by atoms with Crippen molar-refractivity contribution in [1.29, 1.82) is 0 Å². The van der Waals surface area contributed by atoms with Gasteiger partial charge in [-0.15, -0.1) is 0 Å². The van der Waals surface area contributed by atoms with E-state index in [4.69, 9.17) is 11.5 Å². The fourth-order valence-electron chi connectivity index (χ4n) is 6.65. The van der Waals surface area contributed by atoms with Gasteiger partial charge >= 0.3 is 0 Å².